The number of fused-ring (bicyclic) bond motifs is 2. The van der Waals surface area contributed by atoms with Gasteiger partial charge in [-0.25, -0.2) is 9.00 Å². The van der Waals surface area contributed by atoms with Gasteiger partial charge in [-0.3, -0.25) is 4.72 Å². The molecule has 0 bridgehead atoms. The number of carbonyl (C=O) groups is 1. The summed E-state index contributed by atoms with van der Waals surface area (Å²) in [7, 11) is -1.65. The number of aryl methyl sites for hydroxylation is 2. The number of amides is 2. The quantitative estimate of drug-likeness (QED) is 0.554. The van der Waals surface area contributed by atoms with Crippen LogP contribution in [-0.4, -0.2) is 10.2 Å². The maximum absolute atomic E-state index is 12.7. The number of urea groups is 1. The van der Waals surface area contributed by atoms with Crippen molar-refractivity contribution in [1.82, 2.24) is 4.72 Å². The summed E-state index contributed by atoms with van der Waals surface area (Å²) in [6.07, 6.45) is 6.38. The van der Waals surface area contributed by atoms with Crippen LogP contribution in [0.4, 0.5) is 10.5 Å². The maximum atomic E-state index is 12.7. The highest BCUT2D eigenvalue weighted by molar-refractivity contribution is 7.83. The molecule has 2 aliphatic carbocycles. The van der Waals surface area contributed by atoms with Crippen LogP contribution < -0.4 is 14.8 Å². The zero-order valence-electron chi connectivity index (χ0n) is 17.9. The standard InChI is InChI=1S/C26H26N2O3S/c29-26(27-25-23-10-4-8-19(23)16-20-9-5-11-24(20)25)28-32(30)22-14-12-21(13-15-22)31-17-18-6-2-1-3-7-18/h1-3,6-7,12-16H,4-5,8-11,17H2,(H2,27,28,29). The molecule has 0 spiro atoms. The Hall–Kier alpha value is -3.12. The predicted octanol–water partition coefficient (Wildman–Crippen LogP) is 5.09. The van der Waals surface area contributed by atoms with Crippen LogP contribution in [0.5, 0.6) is 5.75 Å². The lowest BCUT2D eigenvalue weighted by Crippen LogP contribution is -2.31. The molecule has 0 saturated heterocycles. The smallest absolute Gasteiger partial charge is 0.331 e. The molecule has 0 aromatic heterocycles. The van der Waals surface area contributed by atoms with Gasteiger partial charge in [0.25, 0.3) is 0 Å². The minimum Gasteiger partial charge on any atom is -0.489 e. The molecule has 0 fully saturated rings. The SMILES string of the molecule is O=C(Nc1c2c(cc3c1CCC3)CCC2)NS(=O)c1ccc(OCc2ccccc2)cc1. The van der Waals surface area contributed by atoms with Crippen LogP contribution >= 0.6 is 0 Å². The molecule has 2 N–H and O–H groups in total. The van der Waals surface area contributed by atoms with Crippen molar-refractivity contribution in [3.05, 3.63) is 88.5 Å². The van der Waals surface area contributed by atoms with E-state index >= 15 is 0 Å². The van der Waals surface area contributed by atoms with E-state index in [2.05, 4.69) is 16.1 Å². The third kappa shape index (κ3) is 4.41. The fourth-order valence-corrected chi connectivity index (χ4v) is 5.37. The van der Waals surface area contributed by atoms with Crippen molar-refractivity contribution >= 4 is 22.7 Å². The Morgan fingerprint density at radius 2 is 1.53 bits per heavy atom. The molecular weight excluding hydrogens is 420 g/mol. The highest BCUT2D eigenvalue weighted by Gasteiger charge is 2.25. The number of anilines is 1. The number of ether oxygens (including phenoxy) is 1. The summed E-state index contributed by atoms with van der Waals surface area (Å²) >= 11 is 0. The van der Waals surface area contributed by atoms with Crippen molar-refractivity contribution < 1.29 is 13.7 Å². The first kappa shape index (κ1) is 20.8. The Bertz CT molecular complexity index is 1130. The number of hydrogen-bond acceptors (Lipinski definition) is 3. The maximum Gasteiger partial charge on any atom is 0.331 e. The number of rotatable bonds is 6. The lowest BCUT2D eigenvalue weighted by atomic mass is 9.99. The van der Waals surface area contributed by atoms with Crippen LogP contribution in [-0.2, 0) is 43.3 Å². The van der Waals surface area contributed by atoms with E-state index < -0.39 is 17.0 Å². The molecular formula is C26H26N2O3S. The summed E-state index contributed by atoms with van der Waals surface area (Å²) in [5.41, 5.74) is 7.25. The van der Waals surface area contributed by atoms with Crippen LogP contribution in [0, 0.1) is 0 Å². The summed E-state index contributed by atoms with van der Waals surface area (Å²) in [6.45, 7) is 0.468. The summed E-state index contributed by atoms with van der Waals surface area (Å²) in [5, 5.41) is 3.03. The molecule has 5 rings (SSSR count). The zero-order chi connectivity index (χ0) is 21.9. The minimum absolute atomic E-state index is 0.429. The second-order valence-corrected chi connectivity index (χ2v) is 9.52. The fourth-order valence-electron chi connectivity index (χ4n) is 4.65. The van der Waals surface area contributed by atoms with Gasteiger partial charge in [0, 0.05) is 5.69 Å². The Kier molecular flexibility index (Phi) is 5.95. The van der Waals surface area contributed by atoms with E-state index in [4.69, 9.17) is 4.74 Å². The molecule has 5 nitrogen and oxygen atoms in total. The third-order valence-corrected chi connectivity index (χ3v) is 7.25. The Balaban J connectivity index is 1.22. The molecule has 32 heavy (non-hydrogen) atoms. The minimum atomic E-state index is -1.65. The van der Waals surface area contributed by atoms with Gasteiger partial charge < -0.3 is 10.1 Å². The van der Waals surface area contributed by atoms with Gasteiger partial charge in [0.05, 0.1) is 4.90 Å². The van der Waals surface area contributed by atoms with Crippen molar-refractivity contribution in [3.63, 3.8) is 0 Å². The molecule has 1 unspecified atom stereocenters. The topological polar surface area (TPSA) is 67.4 Å². The number of benzene rings is 3. The van der Waals surface area contributed by atoms with E-state index in [1.165, 1.54) is 22.3 Å². The first-order valence-electron chi connectivity index (χ1n) is 11.1. The lowest BCUT2D eigenvalue weighted by Gasteiger charge is -2.16. The van der Waals surface area contributed by atoms with Crippen molar-refractivity contribution in [2.24, 2.45) is 0 Å². The van der Waals surface area contributed by atoms with Crippen LogP contribution in [0.3, 0.4) is 0 Å². The molecule has 164 valence electrons. The van der Waals surface area contributed by atoms with Crippen LogP contribution in [0.2, 0.25) is 0 Å². The second kappa shape index (κ2) is 9.17. The van der Waals surface area contributed by atoms with Gasteiger partial charge in [-0.05, 0) is 90.6 Å². The largest absolute Gasteiger partial charge is 0.489 e. The molecule has 3 aromatic carbocycles. The predicted molar refractivity (Wildman–Crippen MR) is 126 cm³/mol. The van der Waals surface area contributed by atoms with Gasteiger partial charge in [-0.2, -0.15) is 0 Å². The normalized spacial score (nSPS) is 15.0. The molecule has 0 saturated carbocycles. The average Bonchev–Trinajstić information content (AvgIpc) is 3.48. The van der Waals surface area contributed by atoms with Crippen LogP contribution in [0.1, 0.15) is 40.7 Å². The summed E-state index contributed by atoms with van der Waals surface area (Å²) in [6, 6.07) is 18.8. The van der Waals surface area contributed by atoms with E-state index in [0.717, 1.165) is 49.8 Å². The molecule has 1 atom stereocenters. The monoisotopic (exact) mass is 446 g/mol. The first-order chi connectivity index (χ1) is 15.7. The van der Waals surface area contributed by atoms with E-state index in [1.807, 2.05) is 30.3 Å². The van der Waals surface area contributed by atoms with Gasteiger partial charge >= 0.3 is 6.03 Å². The Morgan fingerprint density at radius 1 is 0.875 bits per heavy atom. The highest BCUT2D eigenvalue weighted by Crippen LogP contribution is 2.38. The molecule has 6 heteroatoms. The van der Waals surface area contributed by atoms with Gasteiger partial charge in [0.2, 0.25) is 0 Å². The van der Waals surface area contributed by atoms with Gasteiger partial charge in [-0.1, -0.05) is 36.4 Å². The van der Waals surface area contributed by atoms with E-state index in [9.17, 15) is 9.00 Å². The van der Waals surface area contributed by atoms with Crippen LogP contribution in [0.15, 0.2) is 65.6 Å². The molecule has 0 radical (unpaired) electrons. The van der Waals surface area contributed by atoms with Gasteiger partial charge in [0.15, 0.2) is 11.0 Å². The van der Waals surface area contributed by atoms with Gasteiger partial charge in [-0.15, -0.1) is 0 Å². The van der Waals surface area contributed by atoms with E-state index in [0.29, 0.717) is 17.3 Å². The fraction of sp³-hybridized carbons (Fsp3) is 0.269. The number of hydrogen-bond donors (Lipinski definition) is 2. The average molecular weight is 447 g/mol. The molecule has 2 aliphatic rings. The number of nitrogens with one attached hydrogen (secondary N) is 2. The third-order valence-electron chi connectivity index (χ3n) is 6.18. The van der Waals surface area contributed by atoms with Crippen molar-refractivity contribution in [2.75, 3.05) is 5.32 Å². The molecule has 0 heterocycles. The van der Waals surface area contributed by atoms with Crippen LogP contribution in [0.25, 0.3) is 0 Å². The van der Waals surface area contributed by atoms with Gasteiger partial charge in [0.1, 0.15) is 12.4 Å². The van der Waals surface area contributed by atoms with Crippen molar-refractivity contribution in [3.8, 4) is 5.75 Å². The highest BCUT2D eigenvalue weighted by atomic mass is 32.2. The Labute approximate surface area is 190 Å². The van der Waals surface area contributed by atoms with E-state index in [1.54, 1.807) is 24.3 Å². The first-order valence-corrected chi connectivity index (χ1v) is 12.2. The Morgan fingerprint density at radius 3 is 2.19 bits per heavy atom. The number of carbonyl (C=O) groups excluding carboxylic acids is 1. The zero-order valence-corrected chi connectivity index (χ0v) is 18.7. The molecule has 3 aromatic rings. The molecule has 2 amide bonds. The molecule has 0 aliphatic heterocycles. The summed E-state index contributed by atoms with van der Waals surface area (Å²) in [5.74, 6) is 0.689. The van der Waals surface area contributed by atoms with Crippen molar-refractivity contribution in [2.45, 2.75) is 50.0 Å². The summed E-state index contributed by atoms with van der Waals surface area (Å²) < 4.78 is 21.1. The summed E-state index contributed by atoms with van der Waals surface area (Å²) in [4.78, 5) is 13.2. The van der Waals surface area contributed by atoms with E-state index in [-0.39, 0.29) is 0 Å². The van der Waals surface area contributed by atoms with Crippen molar-refractivity contribution in [1.29, 1.82) is 0 Å². The second-order valence-electron chi connectivity index (χ2n) is 8.30. The lowest BCUT2D eigenvalue weighted by molar-refractivity contribution is 0.257.